The predicted octanol–water partition coefficient (Wildman–Crippen LogP) is 1.91. The number of nitrogens with zero attached hydrogens (tertiary/aromatic N) is 1. The second-order valence-electron chi connectivity index (χ2n) is 6.06. The maximum atomic E-state index is 11.7. The molecule has 4 N–H and O–H groups in total. The molecule has 0 heterocycles. The first kappa shape index (κ1) is 15.6. The molecule has 0 unspecified atom stereocenters. The van der Waals surface area contributed by atoms with Gasteiger partial charge < -0.3 is 21.3 Å². The Labute approximate surface area is 126 Å². The third kappa shape index (κ3) is 3.29. The van der Waals surface area contributed by atoms with Crippen LogP contribution >= 0.6 is 0 Å². The molecule has 1 aromatic carbocycles. The van der Waals surface area contributed by atoms with Crippen LogP contribution < -0.4 is 16.4 Å². The zero-order valence-corrected chi connectivity index (χ0v) is 13.2. The Kier molecular flexibility index (Phi) is 4.73. The Morgan fingerprint density at radius 3 is 2.57 bits per heavy atom. The molecule has 1 aromatic rings. The van der Waals surface area contributed by atoms with Crippen LogP contribution in [0.25, 0.3) is 0 Å². The molecule has 0 atom stereocenters. The summed E-state index contributed by atoms with van der Waals surface area (Å²) in [5, 5.41) is 6.08. The van der Waals surface area contributed by atoms with Gasteiger partial charge in [0.25, 0.3) is 5.91 Å². The second kappa shape index (κ2) is 6.35. The topological polar surface area (TPSA) is 70.4 Å². The highest BCUT2D eigenvalue weighted by atomic mass is 16.1. The monoisotopic (exact) mass is 290 g/mol. The summed E-state index contributed by atoms with van der Waals surface area (Å²) < 4.78 is 0. The van der Waals surface area contributed by atoms with Gasteiger partial charge in [0, 0.05) is 24.7 Å². The van der Waals surface area contributed by atoms with E-state index in [9.17, 15) is 4.79 Å². The minimum atomic E-state index is -0.0961. The summed E-state index contributed by atoms with van der Waals surface area (Å²) in [6.45, 7) is 0.849. The number of hydrogen-bond donors (Lipinski definition) is 3. The summed E-state index contributed by atoms with van der Waals surface area (Å²) in [6, 6.07) is 5.35. The van der Waals surface area contributed by atoms with E-state index < -0.39 is 0 Å². The van der Waals surface area contributed by atoms with Gasteiger partial charge in [-0.1, -0.05) is 12.8 Å². The van der Waals surface area contributed by atoms with Crippen molar-refractivity contribution in [3.05, 3.63) is 23.8 Å². The lowest BCUT2D eigenvalue weighted by Gasteiger charge is -2.37. The lowest BCUT2D eigenvalue weighted by Crippen LogP contribution is -2.47. The number of amides is 1. The van der Waals surface area contributed by atoms with Gasteiger partial charge in [0.1, 0.15) is 0 Å². The smallest absolute Gasteiger partial charge is 0.251 e. The van der Waals surface area contributed by atoms with E-state index in [1.165, 1.54) is 25.7 Å². The second-order valence-corrected chi connectivity index (χ2v) is 6.06. The van der Waals surface area contributed by atoms with Gasteiger partial charge in [0.2, 0.25) is 0 Å². The van der Waals surface area contributed by atoms with Crippen LogP contribution in [0.1, 0.15) is 36.0 Å². The molecule has 1 aliphatic carbocycles. The Bertz CT molecular complexity index is 507. The highest BCUT2D eigenvalue weighted by Gasteiger charge is 2.35. The maximum Gasteiger partial charge on any atom is 0.251 e. The zero-order valence-electron chi connectivity index (χ0n) is 13.2. The van der Waals surface area contributed by atoms with E-state index in [-0.39, 0.29) is 11.4 Å². The highest BCUT2D eigenvalue weighted by molar-refractivity contribution is 5.96. The molecular weight excluding hydrogens is 264 g/mol. The fourth-order valence-corrected chi connectivity index (χ4v) is 3.07. The van der Waals surface area contributed by atoms with Gasteiger partial charge in [0.05, 0.1) is 11.4 Å². The number of nitrogen functional groups attached to an aromatic ring is 1. The number of hydrogen-bond acceptors (Lipinski definition) is 4. The molecule has 0 saturated heterocycles. The number of anilines is 2. The number of likely N-dealkylation sites (N-methyl/N-ethyl adjacent to an activating group) is 1. The van der Waals surface area contributed by atoms with Gasteiger partial charge in [-0.2, -0.15) is 0 Å². The van der Waals surface area contributed by atoms with E-state index in [0.29, 0.717) is 11.3 Å². The lowest BCUT2D eigenvalue weighted by atomic mass is 9.95. The van der Waals surface area contributed by atoms with Gasteiger partial charge in [-0.3, -0.25) is 4.79 Å². The molecule has 5 nitrogen and oxygen atoms in total. The van der Waals surface area contributed by atoms with Crippen molar-refractivity contribution in [2.75, 3.05) is 38.7 Å². The van der Waals surface area contributed by atoms with Crippen LogP contribution in [0.15, 0.2) is 18.2 Å². The van der Waals surface area contributed by atoms with Crippen LogP contribution in [-0.4, -0.2) is 44.0 Å². The van der Waals surface area contributed by atoms with Crippen molar-refractivity contribution in [1.29, 1.82) is 0 Å². The molecule has 5 heteroatoms. The number of rotatable bonds is 5. The summed E-state index contributed by atoms with van der Waals surface area (Å²) in [5.41, 5.74) is 8.35. The summed E-state index contributed by atoms with van der Waals surface area (Å²) in [6.07, 6.45) is 4.94. The first-order valence-corrected chi connectivity index (χ1v) is 7.51. The lowest BCUT2D eigenvalue weighted by molar-refractivity contribution is 0.0963. The molecule has 0 aliphatic heterocycles. The molecule has 1 aliphatic rings. The number of benzene rings is 1. The molecular formula is C16H26N4O. The molecule has 21 heavy (non-hydrogen) atoms. The van der Waals surface area contributed by atoms with Crippen LogP contribution in [0.3, 0.4) is 0 Å². The van der Waals surface area contributed by atoms with Gasteiger partial charge in [-0.25, -0.2) is 0 Å². The van der Waals surface area contributed by atoms with E-state index in [2.05, 4.69) is 29.6 Å². The molecule has 2 rings (SSSR count). The third-order valence-electron chi connectivity index (χ3n) is 4.63. The van der Waals surface area contributed by atoms with E-state index in [1.807, 2.05) is 6.07 Å². The van der Waals surface area contributed by atoms with Gasteiger partial charge in [0.15, 0.2) is 0 Å². The van der Waals surface area contributed by atoms with Crippen LogP contribution in [0.4, 0.5) is 11.4 Å². The minimum absolute atomic E-state index is 0.0961. The fraction of sp³-hybridized carbons (Fsp3) is 0.562. The van der Waals surface area contributed by atoms with Crippen LogP contribution in [0.2, 0.25) is 0 Å². The Morgan fingerprint density at radius 1 is 1.33 bits per heavy atom. The van der Waals surface area contributed by atoms with Crippen molar-refractivity contribution < 1.29 is 4.79 Å². The van der Waals surface area contributed by atoms with E-state index in [1.54, 1.807) is 19.2 Å². The van der Waals surface area contributed by atoms with Crippen molar-refractivity contribution in [2.24, 2.45) is 0 Å². The first-order chi connectivity index (χ1) is 9.98. The zero-order chi connectivity index (χ0) is 15.5. The van der Waals surface area contributed by atoms with Crippen molar-refractivity contribution in [3.8, 4) is 0 Å². The van der Waals surface area contributed by atoms with Crippen molar-refractivity contribution in [2.45, 2.75) is 31.2 Å². The summed E-state index contributed by atoms with van der Waals surface area (Å²) in [5.74, 6) is -0.0961. The first-order valence-electron chi connectivity index (χ1n) is 7.51. The van der Waals surface area contributed by atoms with E-state index in [4.69, 9.17) is 5.73 Å². The largest absolute Gasteiger partial charge is 0.397 e. The SMILES string of the molecule is CNC(=O)c1ccc(N)c(NCC2(N(C)C)CCCC2)c1. The standard InChI is InChI=1S/C16H26N4O/c1-18-15(21)12-6-7-13(17)14(10-12)19-11-16(20(2)3)8-4-5-9-16/h6-7,10,19H,4-5,8-9,11,17H2,1-3H3,(H,18,21). The number of nitrogens with two attached hydrogens (primary N) is 1. The average Bonchev–Trinajstić information content (AvgIpc) is 2.96. The van der Waals surface area contributed by atoms with Crippen molar-refractivity contribution in [1.82, 2.24) is 10.2 Å². The average molecular weight is 290 g/mol. The normalized spacial score (nSPS) is 17.0. The minimum Gasteiger partial charge on any atom is -0.397 e. The van der Waals surface area contributed by atoms with Gasteiger partial charge in [-0.05, 0) is 45.1 Å². The summed E-state index contributed by atoms with van der Waals surface area (Å²) in [7, 11) is 5.90. The number of carbonyl (C=O) groups is 1. The van der Waals surface area contributed by atoms with Gasteiger partial charge >= 0.3 is 0 Å². The molecule has 0 bridgehead atoms. The Balaban J connectivity index is 2.13. The molecule has 1 amide bonds. The van der Waals surface area contributed by atoms with E-state index in [0.717, 1.165) is 12.2 Å². The van der Waals surface area contributed by atoms with Crippen molar-refractivity contribution in [3.63, 3.8) is 0 Å². The van der Waals surface area contributed by atoms with Crippen LogP contribution in [0, 0.1) is 0 Å². The van der Waals surface area contributed by atoms with Crippen LogP contribution in [0.5, 0.6) is 0 Å². The quantitative estimate of drug-likeness (QED) is 0.725. The molecule has 116 valence electrons. The van der Waals surface area contributed by atoms with E-state index >= 15 is 0 Å². The molecule has 0 spiro atoms. The fourth-order valence-electron chi connectivity index (χ4n) is 3.07. The molecule has 1 saturated carbocycles. The summed E-state index contributed by atoms with van der Waals surface area (Å²) in [4.78, 5) is 14.0. The molecule has 0 aromatic heterocycles. The summed E-state index contributed by atoms with van der Waals surface area (Å²) >= 11 is 0. The van der Waals surface area contributed by atoms with Gasteiger partial charge in [-0.15, -0.1) is 0 Å². The number of nitrogens with one attached hydrogen (secondary N) is 2. The third-order valence-corrected chi connectivity index (χ3v) is 4.63. The molecule has 0 radical (unpaired) electrons. The highest BCUT2D eigenvalue weighted by Crippen LogP contribution is 2.34. The Morgan fingerprint density at radius 2 is 2.00 bits per heavy atom. The van der Waals surface area contributed by atoms with Crippen molar-refractivity contribution >= 4 is 17.3 Å². The Hall–Kier alpha value is -1.75. The molecule has 1 fully saturated rings. The predicted molar refractivity (Wildman–Crippen MR) is 87.6 cm³/mol. The van der Waals surface area contributed by atoms with Crippen LogP contribution in [-0.2, 0) is 0 Å². The number of carbonyl (C=O) groups excluding carboxylic acids is 1. The maximum absolute atomic E-state index is 11.7.